The van der Waals surface area contributed by atoms with Crippen LogP contribution in [0.15, 0.2) is 41.3 Å². The molecular weight excluding hydrogens is 339 g/mol. The number of carboxylic acid groups (broad SMARTS) is 1. The number of hydrogen-bond acceptors (Lipinski definition) is 4. The predicted molar refractivity (Wildman–Crippen MR) is 82.1 cm³/mol. The minimum Gasteiger partial charge on any atom is -0.491 e. The number of carboxylic acids is 1. The Hall–Kier alpha value is -2.73. The maximum absolute atomic E-state index is 13.4. The summed E-state index contributed by atoms with van der Waals surface area (Å²) in [6.45, 7) is 2.69. The molecule has 8 heteroatoms. The first-order chi connectivity index (χ1) is 11.7. The van der Waals surface area contributed by atoms with Crippen LogP contribution in [0.1, 0.15) is 31.0 Å². The molecule has 0 radical (unpaired) electrons. The van der Waals surface area contributed by atoms with Crippen LogP contribution in [0.2, 0.25) is 0 Å². The maximum atomic E-state index is 13.4. The second-order valence-corrected chi connectivity index (χ2v) is 5.41. The van der Waals surface area contributed by atoms with Crippen molar-refractivity contribution in [2.75, 3.05) is 13.2 Å². The fourth-order valence-electron chi connectivity index (χ4n) is 2.95. The first-order valence-corrected chi connectivity index (χ1v) is 7.45. The number of nitrogens with zero attached hydrogens (tertiary/aromatic N) is 1. The molecule has 0 unspecified atom stereocenters. The van der Waals surface area contributed by atoms with Crippen molar-refractivity contribution in [1.82, 2.24) is 4.90 Å². The molecule has 1 aromatic rings. The molecule has 2 rings (SSSR count). The lowest BCUT2D eigenvalue weighted by atomic mass is 9.95. The Labute approximate surface area is 142 Å². The van der Waals surface area contributed by atoms with E-state index in [-0.39, 0.29) is 23.6 Å². The summed E-state index contributed by atoms with van der Waals surface area (Å²) >= 11 is 0. The highest BCUT2D eigenvalue weighted by Crippen LogP contribution is 2.46. The molecule has 0 saturated carbocycles. The van der Waals surface area contributed by atoms with Gasteiger partial charge in [0, 0.05) is 0 Å². The minimum absolute atomic E-state index is 0.0701. The molecule has 1 aliphatic heterocycles. The zero-order chi connectivity index (χ0) is 18.8. The summed E-state index contributed by atoms with van der Waals surface area (Å²) < 4.78 is 45.5. The summed E-state index contributed by atoms with van der Waals surface area (Å²) in [5.74, 6) is 0.393. The molecule has 0 saturated heterocycles. The van der Waals surface area contributed by atoms with Crippen molar-refractivity contribution in [3.8, 4) is 0 Å². The van der Waals surface area contributed by atoms with Gasteiger partial charge >= 0.3 is 12.1 Å². The third-order valence-corrected chi connectivity index (χ3v) is 3.83. The lowest BCUT2D eigenvalue weighted by Crippen LogP contribution is -2.31. The molecule has 0 aliphatic carbocycles. The molecule has 134 valence electrons. The highest BCUT2D eigenvalue weighted by Gasteiger charge is 2.43. The van der Waals surface area contributed by atoms with Gasteiger partial charge in [-0.1, -0.05) is 18.2 Å². The highest BCUT2D eigenvalue weighted by atomic mass is 19.4. The van der Waals surface area contributed by atoms with E-state index in [0.29, 0.717) is 5.57 Å². The smallest absolute Gasteiger partial charge is 0.416 e. The summed E-state index contributed by atoms with van der Waals surface area (Å²) in [6, 6.07) is 3.79. The predicted octanol–water partition coefficient (Wildman–Crippen LogP) is 3.17. The number of ether oxygens (including phenoxy) is 1. The standard InChI is InChI=1S/C17H16F3NO4/c1-3-25-16-10(2)15(21(8-14(23)24)13(16)9-22)11-6-4-5-7-12(11)17(18,19)20/h4-7,15H,3,8H2,1-2H3,(H,23,24)/t15-/m1/s1. The van der Waals surface area contributed by atoms with Crippen molar-refractivity contribution < 1.29 is 32.6 Å². The van der Waals surface area contributed by atoms with E-state index >= 15 is 0 Å². The number of carbonyl (C=O) groups is 1. The molecule has 1 aromatic carbocycles. The van der Waals surface area contributed by atoms with Gasteiger partial charge in [0.1, 0.15) is 6.54 Å². The van der Waals surface area contributed by atoms with E-state index in [2.05, 4.69) is 0 Å². The maximum Gasteiger partial charge on any atom is 0.416 e. The van der Waals surface area contributed by atoms with Crippen LogP contribution in [0.5, 0.6) is 0 Å². The van der Waals surface area contributed by atoms with Crippen molar-refractivity contribution in [3.63, 3.8) is 0 Å². The second kappa shape index (κ2) is 7.03. The fraction of sp³-hybridized carbons (Fsp3) is 0.353. The molecule has 0 bridgehead atoms. The van der Waals surface area contributed by atoms with Crippen LogP contribution in [0.25, 0.3) is 0 Å². The molecule has 0 amide bonds. The van der Waals surface area contributed by atoms with Crippen LogP contribution >= 0.6 is 0 Å². The van der Waals surface area contributed by atoms with Gasteiger partial charge in [-0.25, -0.2) is 4.79 Å². The van der Waals surface area contributed by atoms with Gasteiger partial charge in [0.05, 0.1) is 18.2 Å². The molecule has 0 fully saturated rings. The van der Waals surface area contributed by atoms with Crippen molar-refractivity contribution in [2.24, 2.45) is 0 Å². The minimum atomic E-state index is -4.62. The average molecular weight is 355 g/mol. The monoisotopic (exact) mass is 355 g/mol. The van der Waals surface area contributed by atoms with Crippen molar-refractivity contribution in [1.29, 1.82) is 0 Å². The Morgan fingerprint density at radius 2 is 2.00 bits per heavy atom. The lowest BCUT2D eigenvalue weighted by Gasteiger charge is -2.28. The van der Waals surface area contributed by atoms with Gasteiger partial charge < -0.3 is 14.7 Å². The summed E-state index contributed by atoms with van der Waals surface area (Å²) in [6.07, 6.45) is -4.62. The number of alkyl halides is 3. The van der Waals surface area contributed by atoms with E-state index in [9.17, 15) is 22.8 Å². The van der Waals surface area contributed by atoms with Gasteiger partial charge in [0.25, 0.3) is 0 Å². The quantitative estimate of drug-likeness (QED) is 0.822. The molecule has 1 atom stereocenters. The molecular formula is C17H16F3NO4. The molecule has 0 spiro atoms. The average Bonchev–Trinajstić information content (AvgIpc) is 2.78. The largest absolute Gasteiger partial charge is 0.491 e. The van der Waals surface area contributed by atoms with E-state index in [0.717, 1.165) is 11.0 Å². The molecule has 1 heterocycles. The van der Waals surface area contributed by atoms with Gasteiger partial charge in [-0.3, -0.25) is 4.79 Å². The Balaban J connectivity index is 2.68. The molecule has 1 N–H and O–H groups in total. The summed E-state index contributed by atoms with van der Waals surface area (Å²) in [5.41, 5.74) is -0.893. The van der Waals surface area contributed by atoms with Gasteiger partial charge in [0.15, 0.2) is 17.4 Å². The van der Waals surface area contributed by atoms with E-state index in [1.807, 2.05) is 0 Å². The molecule has 1 aliphatic rings. The van der Waals surface area contributed by atoms with E-state index in [1.54, 1.807) is 12.9 Å². The first-order valence-electron chi connectivity index (χ1n) is 7.45. The number of carbonyl (C=O) groups excluding carboxylic acids is 1. The zero-order valence-corrected chi connectivity index (χ0v) is 13.6. The summed E-state index contributed by atoms with van der Waals surface area (Å²) in [7, 11) is 0. The van der Waals surface area contributed by atoms with E-state index < -0.39 is 30.3 Å². The lowest BCUT2D eigenvalue weighted by molar-refractivity contribution is -0.138. The van der Waals surface area contributed by atoms with Crippen LogP contribution in [0.4, 0.5) is 13.2 Å². The van der Waals surface area contributed by atoms with Gasteiger partial charge in [-0.2, -0.15) is 13.2 Å². The van der Waals surface area contributed by atoms with E-state index in [1.165, 1.54) is 25.1 Å². The topological polar surface area (TPSA) is 66.8 Å². The van der Waals surface area contributed by atoms with Gasteiger partial charge in [0.2, 0.25) is 0 Å². The van der Waals surface area contributed by atoms with Crippen molar-refractivity contribution in [2.45, 2.75) is 26.1 Å². The Morgan fingerprint density at radius 1 is 1.36 bits per heavy atom. The Morgan fingerprint density at radius 3 is 2.52 bits per heavy atom. The second-order valence-electron chi connectivity index (χ2n) is 5.41. The van der Waals surface area contributed by atoms with Crippen LogP contribution in [0, 0.1) is 0 Å². The Kier molecular flexibility index (Phi) is 5.23. The number of hydrogen-bond donors (Lipinski definition) is 1. The van der Waals surface area contributed by atoms with Gasteiger partial charge in [-0.05, 0) is 31.1 Å². The van der Waals surface area contributed by atoms with Crippen LogP contribution in [-0.4, -0.2) is 35.1 Å². The summed E-state index contributed by atoms with van der Waals surface area (Å²) in [4.78, 5) is 23.6. The van der Waals surface area contributed by atoms with Crippen molar-refractivity contribution >= 4 is 11.9 Å². The van der Waals surface area contributed by atoms with Crippen molar-refractivity contribution in [3.05, 3.63) is 52.4 Å². The van der Waals surface area contributed by atoms with Crippen LogP contribution < -0.4 is 0 Å². The molecule has 5 nitrogen and oxygen atoms in total. The van der Waals surface area contributed by atoms with Crippen LogP contribution in [-0.2, 0) is 20.5 Å². The fourth-order valence-corrected chi connectivity index (χ4v) is 2.95. The number of halogens is 3. The SMILES string of the molecule is CCOC1=C(C)[C@H](c2ccccc2C(F)(F)F)N(CC(=O)O)C1=C=O. The number of benzene rings is 1. The highest BCUT2D eigenvalue weighted by molar-refractivity contribution is 5.73. The number of aliphatic carboxylic acids is 1. The molecule has 25 heavy (non-hydrogen) atoms. The summed E-state index contributed by atoms with van der Waals surface area (Å²) in [5, 5.41) is 9.12. The Bertz CT molecular complexity index is 763. The first kappa shape index (κ1) is 18.6. The van der Waals surface area contributed by atoms with E-state index in [4.69, 9.17) is 9.84 Å². The van der Waals surface area contributed by atoms with Gasteiger partial charge in [-0.15, -0.1) is 0 Å². The zero-order valence-electron chi connectivity index (χ0n) is 13.6. The van der Waals surface area contributed by atoms with Crippen LogP contribution in [0.3, 0.4) is 0 Å². The third-order valence-electron chi connectivity index (χ3n) is 3.83. The third kappa shape index (κ3) is 3.53. The number of rotatable bonds is 5. The normalized spacial score (nSPS) is 17.7. The molecule has 0 aromatic heterocycles.